The first-order chi connectivity index (χ1) is 15.0. The van der Waals surface area contributed by atoms with E-state index < -0.39 is 17.8 Å². The van der Waals surface area contributed by atoms with Crippen LogP contribution in [0.3, 0.4) is 0 Å². The lowest BCUT2D eigenvalue weighted by atomic mass is 10.1. The van der Waals surface area contributed by atoms with Gasteiger partial charge in [0.2, 0.25) is 0 Å². The van der Waals surface area contributed by atoms with Crippen LogP contribution in [0, 0.1) is 0 Å². The fourth-order valence-corrected chi connectivity index (χ4v) is 5.52. The third-order valence-electron chi connectivity index (χ3n) is 4.84. The Morgan fingerprint density at radius 2 is 1.61 bits per heavy atom. The molecule has 2 heterocycles. The molecule has 0 radical (unpaired) electrons. The highest BCUT2D eigenvalue weighted by Crippen LogP contribution is 2.39. The minimum absolute atomic E-state index is 0.224. The standard InChI is InChI=1S/C23H19NO5S2/c1-28-15-9-7-14(8-10-15)12-30-13-16-11-19(23(27)29-2)22(31-16)24-20(25)17-5-3-4-6-18(17)21(24)26/h3-11H,12-13H2,1-2H3. The second-order valence-corrected chi connectivity index (χ2v) is 8.86. The molecule has 3 aromatic rings. The molecule has 0 unspecified atom stereocenters. The van der Waals surface area contributed by atoms with Crippen molar-refractivity contribution in [2.75, 3.05) is 19.1 Å². The molecule has 158 valence electrons. The summed E-state index contributed by atoms with van der Waals surface area (Å²) in [5, 5.41) is 0.304. The molecule has 1 aromatic heterocycles. The fraction of sp³-hybridized carbons (Fsp3) is 0.174. The van der Waals surface area contributed by atoms with E-state index in [0.717, 1.165) is 26.8 Å². The van der Waals surface area contributed by atoms with Gasteiger partial charge in [0, 0.05) is 16.4 Å². The molecule has 1 aliphatic rings. The number of anilines is 1. The van der Waals surface area contributed by atoms with Gasteiger partial charge in [-0.1, -0.05) is 24.3 Å². The molecule has 31 heavy (non-hydrogen) atoms. The monoisotopic (exact) mass is 453 g/mol. The second kappa shape index (κ2) is 8.95. The van der Waals surface area contributed by atoms with Gasteiger partial charge < -0.3 is 9.47 Å². The van der Waals surface area contributed by atoms with E-state index in [1.54, 1.807) is 49.2 Å². The van der Waals surface area contributed by atoms with E-state index in [1.165, 1.54) is 18.4 Å². The van der Waals surface area contributed by atoms with Crippen molar-refractivity contribution in [2.45, 2.75) is 11.5 Å². The SMILES string of the molecule is COC(=O)c1cc(CSCc2ccc(OC)cc2)sc1N1C(=O)c2ccccc2C1=O. The van der Waals surface area contributed by atoms with Gasteiger partial charge in [-0.2, -0.15) is 11.8 Å². The second-order valence-electron chi connectivity index (χ2n) is 6.76. The van der Waals surface area contributed by atoms with E-state index in [-0.39, 0.29) is 5.56 Å². The number of nitrogens with zero attached hydrogens (tertiary/aromatic N) is 1. The van der Waals surface area contributed by atoms with Gasteiger partial charge in [-0.15, -0.1) is 11.3 Å². The van der Waals surface area contributed by atoms with Crippen LogP contribution >= 0.6 is 23.1 Å². The molecule has 0 spiro atoms. The number of imide groups is 1. The number of esters is 1. The van der Waals surface area contributed by atoms with Crippen LogP contribution in [0.15, 0.2) is 54.6 Å². The van der Waals surface area contributed by atoms with E-state index in [0.29, 0.717) is 21.9 Å². The Labute approximate surface area is 187 Å². The van der Waals surface area contributed by atoms with Crippen LogP contribution in [0.25, 0.3) is 0 Å². The highest BCUT2D eigenvalue weighted by molar-refractivity contribution is 7.97. The van der Waals surface area contributed by atoms with Crippen molar-refractivity contribution in [3.05, 3.63) is 81.7 Å². The van der Waals surface area contributed by atoms with Crippen LogP contribution in [0.5, 0.6) is 5.75 Å². The number of ether oxygens (including phenoxy) is 2. The number of amides is 2. The van der Waals surface area contributed by atoms with Gasteiger partial charge in [0.05, 0.1) is 30.9 Å². The maximum atomic E-state index is 12.9. The third kappa shape index (κ3) is 4.08. The van der Waals surface area contributed by atoms with Crippen LogP contribution in [0.1, 0.15) is 41.5 Å². The highest BCUT2D eigenvalue weighted by Gasteiger charge is 2.39. The molecule has 8 heteroatoms. The first-order valence-electron chi connectivity index (χ1n) is 9.43. The molecule has 0 saturated heterocycles. The summed E-state index contributed by atoms with van der Waals surface area (Å²) in [6, 6.07) is 16.2. The summed E-state index contributed by atoms with van der Waals surface area (Å²) < 4.78 is 10.1. The maximum absolute atomic E-state index is 12.9. The van der Waals surface area contributed by atoms with Crippen molar-refractivity contribution >= 4 is 45.9 Å². The molecule has 0 fully saturated rings. The number of carbonyl (C=O) groups is 3. The highest BCUT2D eigenvalue weighted by atomic mass is 32.2. The topological polar surface area (TPSA) is 72.9 Å². The average molecular weight is 454 g/mol. The Kier molecular flexibility index (Phi) is 6.11. The molecule has 2 amide bonds. The number of rotatable bonds is 7. The van der Waals surface area contributed by atoms with Crippen molar-refractivity contribution < 1.29 is 23.9 Å². The number of thiophene rings is 1. The van der Waals surface area contributed by atoms with Crippen molar-refractivity contribution in [1.82, 2.24) is 0 Å². The zero-order chi connectivity index (χ0) is 22.0. The summed E-state index contributed by atoms with van der Waals surface area (Å²) in [6.45, 7) is 0. The lowest BCUT2D eigenvalue weighted by molar-refractivity contribution is 0.0602. The summed E-state index contributed by atoms with van der Waals surface area (Å²) in [5.74, 6) is 0.784. The Morgan fingerprint density at radius 3 is 2.19 bits per heavy atom. The third-order valence-corrected chi connectivity index (χ3v) is 7.19. The number of carbonyl (C=O) groups excluding carboxylic acids is 3. The molecule has 0 aliphatic carbocycles. The van der Waals surface area contributed by atoms with Gasteiger partial charge in [0.15, 0.2) is 0 Å². The maximum Gasteiger partial charge on any atom is 0.340 e. The lowest BCUT2D eigenvalue weighted by Crippen LogP contribution is -2.30. The molecule has 4 rings (SSSR count). The zero-order valence-corrected chi connectivity index (χ0v) is 18.5. The van der Waals surface area contributed by atoms with Gasteiger partial charge in [-0.05, 0) is 35.9 Å². The first kappa shape index (κ1) is 21.1. The number of fused-ring (bicyclic) bond motifs is 1. The Hall–Kier alpha value is -3.10. The lowest BCUT2D eigenvalue weighted by Gasteiger charge is -2.13. The van der Waals surface area contributed by atoms with E-state index in [4.69, 9.17) is 9.47 Å². The smallest absolute Gasteiger partial charge is 0.340 e. The van der Waals surface area contributed by atoms with E-state index >= 15 is 0 Å². The Bertz CT molecular complexity index is 1120. The number of thioether (sulfide) groups is 1. The van der Waals surface area contributed by atoms with Crippen molar-refractivity contribution in [1.29, 1.82) is 0 Å². The summed E-state index contributed by atoms with van der Waals surface area (Å²) in [7, 11) is 2.91. The fourth-order valence-electron chi connectivity index (χ4n) is 3.29. The first-order valence-corrected chi connectivity index (χ1v) is 11.4. The van der Waals surface area contributed by atoms with Gasteiger partial charge in [0.1, 0.15) is 10.8 Å². The zero-order valence-electron chi connectivity index (χ0n) is 16.9. The van der Waals surface area contributed by atoms with E-state index in [2.05, 4.69) is 0 Å². The molecule has 0 bridgehead atoms. The summed E-state index contributed by atoms with van der Waals surface area (Å²) in [5.41, 5.74) is 2.05. The van der Waals surface area contributed by atoms with Gasteiger partial charge >= 0.3 is 5.97 Å². The summed E-state index contributed by atoms with van der Waals surface area (Å²) in [6.07, 6.45) is 0. The quantitative estimate of drug-likeness (QED) is 0.379. The number of hydrogen-bond donors (Lipinski definition) is 0. The number of hydrogen-bond acceptors (Lipinski definition) is 7. The van der Waals surface area contributed by atoms with Gasteiger partial charge in [-0.3, -0.25) is 9.59 Å². The van der Waals surface area contributed by atoms with Crippen molar-refractivity contribution in [2.24, 2.45) is 0 Å². The molecule has 2 aromatic carbocycles. The minimum atomic E-state index is -0.575. The Morgan fingerprint density at radius 1 is 0.968 bits per heavy atom. The Balaban J connectivity index is 1.55. The molecular formula is C23H19NO5S2. The molecule has 0 saturated carbocycles. The number of methoxy groups -OCH3 is 2. The predicted molar refractivity (Wildman–Crippen MR) is 121 cm³/mol. The molecule has 1 aliphatic heterocycles. The van der Waals surface area contributed by atoms with Crippen LogP contribution in [-0.4, -0.2) is 32.0 Å². The van der Waals surface area contributed by atoms with Crippen LogP contribution in [-0.2, 0) is 16.2 Å². The molecular weight excluding hydrogens is 434 g/mol. The van der Waals surface area contributed by atoms with Crippen molar-refractivity contribution in [3.63, 3.8) is 0 Å². The summed E-state index contributed by atoms with van der Waals surface area (Å²) >= 11 is 2.94. The van der Waals surface area contributed by atoms with Gasteiger partial charge in [-0.25, -0.2) is 9.69 Å². The van der Waals surface area contributed by atoms with Crippen LogP contribution < -0.4 is 9.64 Å². The molecule has 0 N–H and O–H groups in total. The average Bonchev–Trinajstić information content (AvgIpc) is 3.32. The predicted octanol–water partition coefficient (Wildman–Crippen LogP) is 4.78. The van der Waals surface area contributed by atoms with E-state index in [9.17, 15) is 14.4 Å². The molecule has 6 nitrogen and oxygen atoms in total. The van der Waals surface area contributed by atoms with Gasteiger partial charge in [0.25, 0.3) is 11.8 Å². The molecule has 0 atom stereocenters. The van der Waals surface area contributed by atoms with Crippen LogP contribution in [0.2, 0.25) is 0 Å². The van der Waals surface area contributed by atoms with Crippen LogP contribution in [0.4, 0.5) is 5.00 Å². The normalized spacial score (nSPS) is 12.8. The minimum Gasteiger partial charge on any atom is -0.497 e. The summed E-state index contributed by atoms with van der Waals surface area (Å²) in [4.78, 5) is 40.1. The van der Waals surface area contributed by atoms with Crippen molar-refractivity contribution in [3.8, 4) is 5.75 Å². The number of benzene rings is 2. The van der Waals surface area contributed by atoms with E-state index in [1.807, 2.05) is 24.3 Å². The largest absolute Gasteiger partial charge is 0.497 e.